The molecule has 2 rings (SSSR count). The van der Waals surface area contributed by atoms with E-state index in [9.17, 15) is 4.79 Å². The lowest BCUT2D eigenvalue weighted by atomic mass is 10.0. The first-order valence-electron chi connectivity index (χ1n) is 5.87. The van der Waals surface area contributed by atoms with E-state index in [1.165, 1.54) is 0 Å². The minimum absolute atomic E-state index is 0.101. The number of nitrogens with two attached hydrogens (primary N) is 1. The van der Waals surface area contributed by atoms with Crippen LogP contribution in [0.2, 0.25) is 0 Å². The Morgan fingerprint density at radius 2 is 2.29 bits per heavy atom. The molecule has 0 radical (unpaired) electrons. The molecule has 17 heavy (non-hydrogen) atoms. The van der Waals surface area contributed by atoms with Crippen LogP contribution in [0.5, 0.6) is 0 Å². The number of para-hydroxylation sites is 1. The second kappa shape index (κ2) is 4.75. The van der Waals surface area contributed by atoms with Gasteiger partial charge in [-0.15, -0.1) is 0 Å². The lowest BCUT2D eigenvalue weighted by Gasteiger charge is -2.16. The van der Waals surface area contributed by atoms with E-state index in [0.29, 0.717) is 18.0 Å². The number of aryl methyl sites for hydroxylation is 1. The van der Waals surface area contributed by atoms with Crippen LogP contribution in [0.4, 0.5) is 11.4 Å². The summed E-state index contributed by atoms with van der Waals surface area (Å²) in [6.45, 7) is 4.60. The van der Waals surface area contributed by atoms with Crippen LogP contribution in [-0.2, 0) is 9.53 Å². The maximum atomic E-state index is 12.0. The van der Waals surface area contributed by atoms with Gasteiger partial charge < -0.3 is 15.8 Å². The summed E-state index contributed by atoms with van der Waals surface area (Å²) in [5, 5.41) is 2.86. The van der Waals surface area contributed by atoms with Gasteiger partial charge in [0.05, 0.1) is 11.4 Å². The number of rotatable bonds is 2. The van der Waals surface area contributed by atoms with Crippen LogP contribution >= 0.6 is 0 Å². The number of nitrogen functional groups attached to an aromatic ring is 1. The molecule has 1 amide bonds. The Labute approximate surface area is 101 Å². The minimum atomic E-state index is -0.353. The lowest BCUT2D eigenvalue weighted by Crippen LogP contribution is -2.31. The van der Waals surface area contributed by atoms with Gasteiger partial charge in [-0.05, 0) is 30.9 Å². The van der Waals surface area contributed by atoms with Crippen molar-refractivity contribution in [3.8, 4) is 0 Å². The molecule has 1 fully saturated rings. The Balaban J connectivity index is 2.13. The SMILES string of the molecule is Cc1cccc(N)c1NC(=O)C1OCCC1C. The number of hydrogen-bond donors (Lipinski definition) is 2. The number of nitrogens with one attached hydrogen (secondary N) is 1. The molecule has 1 aromatic carbocycles. The van der Waals surface area contributed by atoms with E-state index in [-0.39, 0.29) is 17.9 Å². The summed E-state index contributed by atoms with van der Waals surface area (Å²) in [6.07, 6.45) is 0.579. The molecule has 0 saturated carbocycles. The third kappa shape index (κ3) is 2.42. The monoisotopic (exact) mass is 234 g/mol. The Morgan fingerprint density at radius 3 is 2.88 bits per heavy atom. The van der Waals surface area contributed by atoms with Crippen LogP contribution in [-0.4, -0.2) is 18.6 Å². The second-order valence-electron chi connectivity index (χ2n) is 4.59. The van der Waals surface area contributed by atoms with E-state index < -0.39 is 0 Å². The zero-order chi connectivity index (χ0) is 12.4. The van der Waals surface area contributed by atoms with Gasteiger partial charge in [-0.2, -0.15) is 0 Å². The summed E-state index contributed by atoms with van der Waals surface area (Å²) < 4.78 is 5.43. The first-order chi connectivity index (χ1) is 8.09. The highest BCUT2D eigenvalue weighted by molar-refractivity contribution is 5.97. The third-order valence-corrected chi connectivity index (χ3v) is 3.20. The van der Waals surface area contributed by atoms with Crippen LogP contribution in [0.25, 0.3) is 0 Å². The number of amides is 1. The van der Waals surface area contributed by atoms with Crippen LogP contribution in [0.1, 0.15) is 18.9 Å². The lowest BCUT2D eigenvalue weighted by molar-refractivity contribution is -0.126. The van der Waals surface area contributed by atoms with Gasteiger partial charge in [0.1, 0.15) is 6.10 Å². The first kappa shape index (κ1) is 11.9. The Bertz CT molecular complexity index is 411. The van der Waals surface area contributed by atoms with E-state index in [0.717, 1.165) is 12.0 Å². The number of carbonyl (C=O) groups excluding carboxylic acids is 1. The van der Waals surface area contributed by atoms with Gasteiger partial charge in [-0.25, -0.2) is 0 Å². The normalized spacial score (nSPS) is 23.6. The standard InChI is InChI=1S/C13H18N2O2/c1-8-4-3-5-10(14)11(8)15-13(16)12-9(2)6-7-17-12/h3-5,9,12H,6-7,14H2,1-2H3,(H,15,16). The van der Waals surface area contributed by atoms with E-state index in [2.05, 4.69) is 5.32 Å². The Morgan fingerprint density at radius 1 is 1.53 bits per heavy atom. The molecule has 0 bridgehead atoms. The number of ether oxygens (including phenoxy) is 1. The fourth-order valence-corrected chi connectivity index (χ4v) is 2.09. The van der Waals surface area contributed by atoms with Crippen molar-refractivity contribution < 1.29 is 9.53 Å². The van der Waals surface area contributed by atoms with Crippen molar-refractivity contribution >= 4 is 17.3 Å². The maximum absolute atomic E-state index is 12.0. The fourth-order valence-electron chi connectivity index (χ4n) is 2.09. The van der Waals surface area contributed by atoms with Crippen molar-refractivity contribution in [3.05, 3.63) is 23.8 Å². The molecule has 2 unspecified atom stereocenters. The van der Waals surface area contributed by atoms with Crippen LogP contribution in [0, 0.1) is 12.8 Å². The minimum Gasteiger partial charge on any atom is -0.397 e. The van der Waals surface area contributed by atoms with Gasteiger partial charge in [-0.3, -0.25) is 4.79 Å². The predicted molar refractivity (Wildman–Crippen MR) is 67.7 cm³/mol. The van der Waals surface area contributed by atoms with Crippen molar-refractivity contribution in [1.29, 1.82) is 0 Å². The molecule has 92 valence electrons. The largest absolute Gasteiger partial charge is 0.397 e. The average molecular weight is 234 g/mol. The van der Waals surface area contributed by atoms with Gasteiger partial charge in [-0.1, -0.05) is 19.1 Å². The summed E-state index contributed by atoms with van der Waals surface area (Å²) in [7, 11) is 0. The molecule has 2 atom stereocenters. The smallest absolute Gasteiger partial charge is 0.253 e. The quantitative estimate of drug-likeness (QED) is 0.769. The molecule has 0 aromatic heterocycles. The summed E-state index contributed by atoms with van der Waals surface area (Å²) in [4.78, 5) is 12.0. The molecule has 4 heteroatoms. The van der Waals surface area contributed by atoms with E-state index in [4.69, 9.17) is 10.5 Å². The molecule has 1 aliphatic heterocycles. The highest BCUT2D eigenvalue weighted by Gasteiger charge is 2.31. The van der Waals surface area contributed by atoms with Crippen molar-refractivity contribution in [2.24, 2.45) is 5.92 Å². The number of hydrogen-bond acceptors (Lipinski definition) is 3. The summed E-state index contributed by atoms with van der Waals surface area (Å²) in [5.41, 5.74) is 8.09. The number of anilines is 2. The summed E-state index contributed by atoms with van der Waals surface area (Å²) in [6, 6.07) is 5.57. The molecule has 1 saturated heterocycles. The second-order valence-corrected chi connectivity index (χ2v) is 4.59. The van der Waals surface area contributed by atoms with Crippen molar-refractivity contribution in [2.75, 3.05) is 17.7 Å². The van der Waals surface area contributed by atoms with Gasteiger partial charge in [0, 0.05) is 6.61 Å². The highest BCUT2D eigenvalue weighted by Crippen LogP contribution is 2.25. The molecule has 3 N–H and O–H groups in total. The summed E-state index contributed by atoms with van der Waals surface area (Å²) in [5.74, 6) is 0.163. The molecule has 0 spiro atoms. The number of carbonyl (C=O) groups is 1. The molecule has 4 nitrogen and oxygen atoms in total. The molecular formula is C13H18N2O2. The summed E-state index contributed by atoms with van der Waals surface area (Å²) >= 11 is 0. The van der Waals surface area contributed by atoms with Crippen molar-refractivity contribution in [1.82, 2.24) is 0 Å². The maximum Gasteiger partial charge on any atom is 0.253 e. The van der Waals surface area contributed by atoms with Gasteiger partial charge >= 0.3 is 0 Å². The Kier molecular flexibility index (Phi) is 3.33. The molecule has 1 aromatic rings. The van der Waals surface area contributed by atoms with E-state index in [1.807, 2.05) is 26.0 Å². The Hall–Kier alpha value is -1.55. The van der Waals surface area contributed by atoms with Crippen LogP contribution in [0.15, 0.2) is 18.2 Å². The van der Waals surface area contributed by atoms with Crippen LogP contribution in [0.3, 0.4) is 0 Å². The number of benzene rings is 1. The van der Waals surface area contributed by atoms with Gasteiger partial charge in [0.2, 0.25) is 0 Å². The van der Waals surface area contributed by atoms with Gasteiger partial charge in [0.25, 0.3) is 5.91 Å². The van der Waals surface area contributed by atoms with E-state index in [1.54, 1.807) is 6.07 Å². The zero-order valence-electron chi connectivity index (χ0n) is 10.2. The molecule has 1 aliphatic rings. The highest BCUT2D eigenvalue weighted by atomic mass is 16.5. The zero-order valence-corrected chi connectivity index (χ0v) is 10.2. The molecule has 0 aliphatic carbocycles. The molecule has 1 heterocycles. The topological polar surface area (TPSA) is 64.3 Å². The fraction of sp³-hybridized carbons (Fsp3) is 0.462. The predicted octanol–water partition coefficient (Wildman–Crippen LogP) is 1.94. The third-order valence-electron chi connectivity index (χ3n) is 3.20. The van der Waals surface area contributed by atoms with Crippen molar-refractivity contribution in [2.45, 2.75) is 26.4 Å². The molecular weight excluding hydrogens is 216 g/mol. The van der Waals surface area contributed by atoms with E-state index >= 15 is 0 Å². The average Bonchev–Trinajstić information content (AvgIpc) is 2.70. The van der Waals surface area contributed by atoms with Crippen LogP contribution < -0.4 is 11.1 Å². The first-order valence-corrected chi connectivity index (χ1v) is 5.87. The van der Waals surface area contributed by atoms with Crippen molar-refractivity contribution in [3.63, 3.8) is 0 Å². The van der Waals surface area contributed by atoms with Gasteiger partial charge in [0.15, 0.2) is 0 Å².